The topological polar surface area (TPSA) is 111 Å². The maximum atomic E-state index is 13.4. The Hall–Kier alpha value is -4.25. The molecule has 1 atom stereocenters. The summed E-state index contributed by atoms with van der Waals surface area (Å²) in [5.74, 6) is -0.602. The van der Waals surface area contributed by atoms with Crippen LogP contribution in [0.25, 0.3) is 16.7 Å². The molecule has 0 saturated carbocycles. The third kappa shape index (κ3) is 4.65. The van der Waals surface area contributed by atoms with Gasteiger partial charge in [-0.2, -0.15) is 5.10 Å². The lowest BCUT2D eigenvalue weighted by Crippen LogP contribution is -2.46. The molecule has 11 heteroatoms. The number of hydrogen-bond acceptors (Lipinski definition) is 7. The Morgan fingerprint density at radius 3 is 2.67 bits per heavy atom. The molecule has 0 saturated heterocycles. The molecule has 2 N–H and O–H groups in total. The van der Waals surface area contributed by atoms with Crippen LogP contribution in [0.1, 0.15) is 18.5 Å². The van der Waals surface area contributed by atoms with Gasteiger partial charge in [-0.15, -0.1) is 0 Å². The van der Waals surface area contributed by atoms with Gasteiger partial charge in [0.05, 0.1) is 35.5 Å². The summed E-state index contributed by atoms with van der Waals surface area (Å²) < 4.78 is 20.3. The van der Waals surface area contributed by atoms with Gasteiger partial charge in [0.15, 0.2) is 5.65 Å². The van der Waals surface area contributed by atoms with Gasteiger partial charge in [0, 0.05) is 11.4 Å². The number of ether oxygens (including phenoxy) is 1. The number of carbonyl (C=O) groups is 2. The van der Waals surface area contributed by atoms with E-state index in [0.717, 1.165) is 5.56 Å². The molecular formula is C25H21FN6O3S. The smallest absolute Gasteiger partial charge is 0.338 e. The second-order valence-electron chi connectivity index (χ2n) is 7.79. The molecule has 2 amide bonds. The van der Waals surface area contributed by atoms with Crippen molar-refractivity contribution in [1.82, 2.24) is 30.4 Å². The lowest BCUT2D eigenvalue weighted by atomic mass is 9.95. The van der Waals surface area contributed by atoms with Crippen molar-refractivity contribution in [1.29, 1.82) is 0 Å². The standard InChI is InChI=1S/C25H21FN6O3S/c1-2-35-24(33)20-19(30-25(34)31-21(20)15-6-4-3-5-7-15)13-36-23-18-12-29-32(22(18)27-14-28-23)17-10-8-16(26)9-11-17/h3-12,14,21H,2,13H2,1H3,(H2,30,31,34)/t21-/m1/s1. The average Bonchev–Trinajstić information content (AvgIpc) is 3.33. The minimum Gasteiger partial charge on any atom is -0.463 e. The molecule has 0 radical (unpaired) electrons. The van der Waals surface area contributed by atoms with Gasteiger partial charge >= 0.3 is 12.0 Å². The lowest BCUT2D eigenvalue weighted by Gasteiger charge is -2.29. The molecule has 0 spiro atoms. The molecule has 4 aromatic rings. The zero-order chi connectivity index (χ0) is 25.1. The van der Waals surface area contributed by atoms with E-state index in [1.54, 1.807) is 29.9 Å². The summed E-state index contributed by atoms with van der Waals surface area (Å²) in [6.45, 7) is 1.93. The van der Waals surface area contributed by atoms with E-state index in [0.29, 0.717) is 33.0 Å². The molecule has 2 aromatic carbocycles. The second-order valence-corrected chi connectivity index (χ2v) is 8.76. The van der Waals surface area contributed by atoms with Gasteiger partial charge in [0.2, 0.25) is 0 Å². The number of urea groups is 1. The number of thioether (sulfide) groups is 1. The summed E-state index contributed by atoms with van der Waals surface area (Å²) >= 11 is 1.33. The summed E-state index contributed by atoms with van der Waals surface area (Å²) in [5, 5.41) is 11.3. The molecule has 0 bridgehead atoms. The van der Waals surface area contributed by atoms with E-state index in [1.807, 2.05) is 30.3 Å². The van der Waals surface area contributed by atoms with Crippen LogP contribution in [-0.4, -0.2) is 44.1 Å². The average molecular weight is 505 g/mol. The van der Waals surface area contributed by atoms with Crippen LogP contribution in [0.5, 0.6) is 0 Å². The van der Waals surface area contributed by atoms with Crippen molar-refractivity contribution in [2.75, 3.05) is 12.4 Å². The Morgan fingerprint density at radius 1 is 1.14 bits per heavy atom. The number of esters is 1. The zero-order valence-corrected chi connectivity index (χ0v) is 20.0. The zero-order valence-electron chi connectivity index (χ0n) is 19.1. The van der Waals surface area contributed by atoms with E-state index in [1.165, 1.54) is 30.2 Å². The van der Waals surface area contributed by atoms with Crippen LogP contribution in [0.3, 0.4) is 0 Å². The number of carbonyl (C=O) groups excluding carboxylic acids is 2. The first-order valence-electron chi connectivity index (χ1n) is 11.1. The Kier molecular flexibility index (Phi) is 6.63. The highest BCUT2D eigenvalue weighted by atomic mass is 32.2. The fourth-order valence-corrected chi connectivity index (χ4v) is 4.86. The molecule has 1 aliphatic rings. The minimum atomic E-state index is -0.652. The van der Waals surface area contributed by atoms with Gasteiger partial charge in [0.1, 0.15) is 17.2 Å². The fraction of sp³-hybridized carbons (Fsp3) is 0.160. The number of fused-ring (bicyclic) bond motifs is 1. The van der Waals surface area contributed by atoms with Gasteiger partial charge in [-0.05, 0) is 36.8 Å². The number of rotatable bonds is 7. The maximum absolute atomic E-state index is 13.4. The van der Waals surface area contributed by atoms with Crippen LogP contribution >= 0.6 is 11.8 Å². The highest BCUT2D eigenvalue weighted by Gasteiger charge is 2.33. The summed E-state index contributed by atoms with van der Waals surface area (Å²) in [4.78, 5) is 34.2. The van der Waals surface area contributed by atoms with Crippen molar-refractivity contribution in [2.24, 2.45) is 0 Å². The molecule has 0 unspecified atom stereocenters. The molecule has 5 rings (SSSR count). The van der Waals surface area contributed by atoms with Crippen LogP contribution in [0.15, 0.2) is 83.4 Å². The van der Waals surface area contributed by atoms with Crippen molar-refractivity contribution in [2.45, 2.75) is 18.0 Å². The quantitative estimate of drug-likeness (QED) is 0.223. The van der Waals surface area contributed by atoms with E-state index >= 15 is 0 Å². The number of benzene rings is 2. The predicted molar refractivity (Wildman–Crippen MR) is 132 cm³/mol. The van der Waals surface area contributed by atoms with Crippen molar-refractivity contribution < 1.29 is 18.7 Å². The first-order valence-corrected chi connectivity index (χ1v) is 12.1. The van der Waals surface area contributed by atoms with Gasteiger partial charge in [-0.25, -0.2) is 28.6 Å². The third-order valence-corrected chi connectivity index (χ3v) is 6.57. The van der Waals surface area contributed by atoms with E-state index < -0.39 is 18.0 Å². The maximum Gasteiger partial charge on any atom is 0.338 e. The Morgan fingerprint density at radius 2 is 1.92 bits per heavy atom. The summed E-state index contributed by atoms with van der Waals surface area (Å²) in [5.41, 5.74) is 2.75. The van der Waals surface area contributed by atoms with Gasteiger partial charge in [-0.3, -0.25) is 0 Å². The Labute approximate surface area is 209 Å². The molecule has 182 valence electrons. The second kappa shape index (κ2) is 10.2. The number of hydrogen-bond donors (Lipinski definition) is 2. The number of nitrogens with one attached hydrogen (secondary N) is 2. The Bertz CT molecular complexity index is 1460. The van der Waals surface area contributed by atoms with Crippen LogP contribution in [0, 0.1) is 5.82 Å². The normalized spacial score (nSPS) is 15.5. The van der Waals surface area contributed by atoms with E-state index in [9.17, 15) is 14.0 Å². The van der Waals surface area contributed by atoms with Crippen molar-refractivity contribution in [3.63, 3.8) is 0 Å². The Balaban J connectivity index is 1.49. The van der Waals surface area contributed by atoms with Crippen molar-refractivity contribution >= 4 is 34.8 Å². The lowest BCUT2D eigenvalue weighted by molar-refractivity contribution is -0.139. The van der Waals surface area contributed by atoms with Gasteiger partial charge < -0.3 is 15.4 Å². The molecule has 0 aliphatic carbocycles. The van der Waals surface area contributed by atoms with Crippen LogP contribution < -0.4 is 10.6 Å². The molecule has 3 heterocycles. The van der Waals surface area contributed by atoms with Crippen molar-refractivity contribution in [3.8, 4) is 5.69 Å². The summed E-state index contributed by atoms with van der Waals surface area (Å²) in [7, 11) is 0. The number of nitrogens with zero attached hydrogens (tertiary/aromatic N) is 4. The monoisotopic (exact) mass is 504 g/mol. The van der Waals surface area contributed by atoms with Crippen LogP contribution in [0.4, 0.5) is 9.18 Å². The molecule has 1 aliphatic heterocycles. The molecule has 0 fully saturated rings. The SMILES string of the molecule is CCOC(=O)C1=C(CSc2ncnc3c2cnn3-c2ccc(F)cc2)NC(=O)N[C@@H]1c1ccccc1. The summed E-state index contributed by atoms with van der Waals surface area (Å²) in [6.07, 6.45) is 3.05. The van der Waals surface area contributed by atoms with Gasteiger partial charge in [0.25, 0.3) is 0 Å². The van der Waals surface area contributed by atoms with Crippen LogP contribution in [0.2, 0.25) is 0 Å². The largest absolute Gasteiger partial charge is 0.463 e. The molecule has 2 aromatic heterocycles. The van der Waals surface area contributed by atoms with Crippen LogP contribution in [-0.2, 0) is 9.53 Å². The van der Waals surface area contributed by atoms with E-state index in [-0.39, 0.29) is 18.2 Å². The fourth-order valence-electron chi connectivity index (χ4n) is 3.93. The van der Waals surface area contributed by atoms with E-state index in [2.05, 4.69) is 25.7 Å². The molecule has 36 heavy (non-hydrogen) atoms. The highest BCUT2D eigenvalue weighted by molar-refractivity contribution is 7.99. The first kappa shape index (κ1) is 23.5. The van der Waals surface area contributed by atoms with Gasteiger partial charge in [-0.1, -0.05) is 42.1 Å². The number of amides is 2. The highest BCUT2D eigenvalue weighted by Crippen LogP contribution is 2.32. The molecular weight excluding hydrogens is 483 g/mol. The minimum absolute atomic E-state index is 0.202. The first-order chi connectivity index (χ1) is 17.5. The third-order valence-electron chi connectivity index (χ3n) is 5.54. The van der Waals surface area contributed by atoms with Crippen molar-refractivity contribution in [3.05, 3.63) is 89.8 Å². The summed E-state index contributed by atoms with van der Waals surface area (Å²) in [6, 6.07) is 14.1. The number of halogens is 1. The molecule has 9 nitrogen and oxygen atoms in total. The predicted octanol–water partition coefficient (Wildman–Crippen LogP) is 3.92. The number of aromatic nitrogens is 4. The van der Waals surface area contributed by atoms with E-state index in [4.69, 9.17) is 4.74 Å².